The first-order chi connectivity index (χ1) is 9.04. The molecule has 1 N–H and O–H groups in total. The largest absolute Gasteiger partial charge is 0.314 e. The lowest BCUT2D eigenvalue weighted by atomic mass is 10.0. The molecule has 0 aromatic heterocycles. The van der Waals surface area contributed by atoms with E-state index < -0.39 is 0 Å². The minimum absolute atomic E-state index is 0.205. The molecule has 0 bridgehead atoms. The summed E-state index contributed by atoms with van der Waals surface area (Å²) in [6, 6.07) is 6.31. The topological polar surface area (TPSA) is 58.4 Å². The van der Waals surface area contributed by atoms with Crippen LogP contribution in [-0.4, -0.2) is 35.5 Å². The quantitative estimate of drug-likeness (QED) is 0.654. The Morgan fingerprint density at radius 2 is 2.21 bits per heavy atom. The summed E-state index contributed by atoms with van der Waals surface area (Å²) in [5.41, 5.74) is 1.95. The number of hydrogen-bond donors (Lipinski definition) is 1. The summed E-state index contributed by atoms with van der Waals surface area (Å²) in [6.07, 6.45) is 0. The van der Waals surface area contributed by atoms with E-state index >= 15 is 0 Å². The van der Waals surface area contributed by atoms with E-state index in [9.17, 15) is 10.1 Å². The maximum absolute atomic E-state index is 11.0. The van der Waals surface area contributed by atoms with Crippen LogP contribution in [0.15, 0.2) is 18.2 Å². The molecule has 1 aliphatic rings. The third-order valence-corrected chi connectivity index (χ3v) is 4.00. The van der Waals surface area contributed by atoms with Gasteiger partial charge in [-0.2, -0.15) is 0 Å². The van der Waals surface area contributed by atoms with Crippen LogP contribution in [0.3, 0.4) is 0 Å². The van der Waals surface area contributed by atoms with E-state index in [1.54, 1.807) is 13.0 Å². The zero-order valence-corrected chi connectivity index (χ0v) is 11.7. The molecule has 1 aromatic carbocycles. The van der Waals surface area contributed by atoms with Crippen LogP contribution in [-0.2, 0) is 0 Å². The SMILES string of the molecule is CCN(C1CNC1)C(C)c1ccc(C)c([N+](=O)[O-])c1. The molecule has 2 rings (SSSR count). The smallest absolute Gasteiger partial charge is 0.272 e. The molecule has 0 radical (unpaired) electrons. The second kappa shape index (κ2) is 5.67. The van der Waals surface area contributed by atoms with Crippen LogP contribution in [0.5, 0.6) is 0 Å². The van der Waals surface area contributed by atoms with Gasteiger partial charge in [-0.15, -0.1) is 0 Å². The molecule has 0 saturated carbocycles. The fourth-order valence-corrected chi connectivity index (χ4v) is 2.63. The molecule has 5 nitrogen and oxygen atoms in total. The molecule has 1 aromatic rings. The van der Waals surface area contributed by atoms with E-state index in [0.29, 0.717) is 11.6 Å². The molecule has 19 heavy (non-hydrogen) atoms. The minimum Gasteiger partial charge on any atom is -0.314 e. The standard InChI is InChI=1S/C14H21N3O2/c1-4-16(13-8-15-9-13)11(3)12-6-5-10(2)14(7-12)17(18)19/h5-7,11,13,15H,4,8-9H2,1-3H3. The third-order valence-electron chi connectivity index (χ3n) is 4.00. The van der Waals surface area contributed by atoms with Gasteiger partial charge in [0.25, 0.3) is 5.69 Å². The molecular weight excluding hydrogens is 242 g/mol. The van der Waals surface area contributed by atoms with Crippen molar-refractivity contribution in [1.82, 2.24) is 10.2 Å². The highest BCUT2D eigenvalue weighted by Crippen LogP contribution is 2.28. The molecule has 1 unspecified atom stereocenters. The van der Waals surface area contributed by atoms with E-state index in [-0.39, 0.29) is 16.7 Å². The summed E-state index contributed by atoms with van der Waals surface area (Å²) in [4.78, 5) is 13.1. The number of hydrogen-bond acceptors (Lipinski definition) is 4. The third kappa shape index (κ3) is 2.77. The number of rotatable bonds is 5. The maximum atomic E-state index is 11.0. The second-order valence-corrected chi connectivity index (χ2v) is 5.12. The van der Waals surface area contributed by atoms with E-state index in [4.69, 9.17) is 0 Å². The first-order valence-electron chi connectivity index (χ1n) is 6.76. The zero-order valence-electron chi connectivity index (χ0n) is 11.7. The van der Waals surface area contributed by atoms with Gasteiger partial charge in [-0.3, -0.25) is 15.0 Å². The molecule has 1 atom stereocenters. The van der Waals surface area contributed by atoms with Crippen molar-refractivity contribution in [2.24, 2.45) is 0 Å². The van der Waals surface area contributed by atoms with Crippen LogP contribution in [0, 0.1) is 17.0 Å². The monoisotopic (exact) mass is 263 g/mol. The molecule has 1 heterocycles. The van der Waals surface area contributed by atoms with E-state index in [1.165, 1.54) is 0 Å². The van der Waals surface area contributed by atoms with Gasteiger partial charge in [0.05, 0.1) is 4.92 Å². The predicted molar refractivity (Wildman–Crippen MR) is 75.3 cm³/mol. The zero-order chi connectivity index (χ0) is 14.0. The van der Waals surface area contributed by atoms with Gasteiger partial charge >= 0.3 is 0 Å². The first kappa shape index (κ1) is 14.0. The number of likely N-dealkylation sites (N-methyl/N-ethyl adjacent to an activating group) is 1. The number of aryl methyl sites for hydroxylation is 1. The van der Waals surface area contributed by atoms with Crippen molar-refractivity contribution in [3.05, 3.63) is 39.4 Å². The summed E-state index contributed by atoms with van der Waals surface area (Å²) < 4.78 is 0. The predicted octanol–water partition coefficient (Wildman–Crippen LogP) is 2.26. The summed E-state index contributed by atoms with van der Waals surface area (Å²) >= 11 is 0. The van der Waals surface area contributed by atoms with Crippen molar-refractivity contribution < 1.29 is 4.92 Å². The van der Waals surface area contributed by atoms with Gasteiger partial charge in [-0.25, -0.2) is 0 Å². The Balaban J connectivity index is 2.24. The minimum atomic E-state index is -0.299. The van der Waals surface area contributed by atoms with Crippen molar-refractivity contribution >= 4 is 5.69 Å². The Hall–Kier alpha value is -1.46. The van der Waals surface area contributed by atoms with Gasteiger partial charge in [-0.05, 0) is 26.0 Å². The molecule has 1 fully saturated rings. The van der Waals surface area contributed by atoms with Crippen molar-refractivity contribution in [1.29, 1.82) is 0 Å². The van der Waals surface area contributed by atoms with E-state index in [1.807, 2.05) is 12.1 Å². The Kier molecular flexibility index (Phi) is 4.17. The second-order valence-electron chi connectivity index (χ2n) is 5.12. The van der Waals surface area contributed by atoms with Crippen LogP contribution in [0.4, 0.5) is 5.69 Å². The summed E-state index contributed by atoms with van der Waals surface area (Å²) in [5.74, 6) is 0. The summed E-state index contributed by atoms with van der Waals surface area (Å²) in [5, 5.41) is 14.3. The van der Waals surface area contributed by atoms with Gasteiger partial charge in [0, 0.05) is 36.8 Å². The molecule has 104 valence electrons. The van der Waals surface area contributed by atoms with Gasteiger partial charge in [0.1, 0.15) is 0 Å². The van der Waals surface area contributed by atoms with Crippen LogP contribution >= 0.6 is 0 Å². The van der Waals surface area contributed by atoms with Gasteiger partial charge < -0.3 is 5.32 Å². The van der Waals surface area contributed by atoms with Crippen molar-refractivity contribution in [2.75, 3.05) is 19.6 Å². The molecule has 1 saturated heterocycles. The molecule has 0 amide bonds. The molecular formula is C14H21N3O2. The van der Waals surface area contributed by atoms with Crippen molar-refractivity contribution in [3.63, 3.8) is 0 Å². The normalized spacial score (nSPS) is 17.3. The first-order valence-corrected chi connectivity index (χ1v) is 6.76. The summed E-state index contributed by atoms with van der Waals surface area (Å²) in [7, 11) is 0. The van der Waals surface area contributed by atoms with Crippen molar-refractivity contribution in [2.45, 2.75) is 32.9 Å². The molecule has 0 spiro atoms. The Bertz CT molecular complexity index is 472. The number of nitrogens with one attached hydrogen (secondary N) is 1. The van der Waals surface area contributed by atoms with E-state index in [2.05, 4.69) is 24.1 Å². The van der Waals surface area contributed by atoms with E-state index in [0.717, 1.165) is 25.2 Å². The number of benzene rings is 1. The maximum Gasteiger partial charge on any atom is 0.272 e. The highest BCUT2D eigenvalue weighted by Gasteiger charge is 2.28. The van der Waals surface area contributed by atoms with Crippen LogP contribution in [0.2, 0.25) is 0 Å². The lowest BCUT2D eigenvalue weighted by molar-refractivity contribution is -0.385. The molecule has 5 heteroatoms. The Morgan fingerprint density at radius 1 is 1.53 bits per heavy atom. The van der Waals surface area contributed by atoms with Crippen LogP contribution < -0.4 is 5.32 Å². The average molecular weight is 263 g/mol. The lowest BCUT2D eigenvalue weighted by Gasteiger charge is -2.41. The van der Waals surface area contributed by atoms with Crippen LogP contribution in [0.25, 0.3) is 0 Å². The Labute approximate surface area is 113 Å². The molecule has 0 aliphatic carbocycles. The average Bonchev–Trinajstić information content (AvgIpc) is 2.32. The van der Waals surface area contributed by atoms with Crippen molar-refractivity contribution in [3.8, 4) is 0 Å². The number of nitro benzene ring substituents is 1. The van der Waals surface area contributed by atoms with Gasteiger partial charge in [0.15, 0.2) is 0 Å². The number of nitro groups is 1. The number of nitrogens with zero attached hydrogens (tertiary/aromatic N) is 2. The highest BCUT2D eigenvalue weighted by atomic mass is 16.6. The van der Waals surface area contributed by atoms with Gasteiger partial charge in [0.2, 0.25) is 0 Å². The fraction of sp³-hybridized carbons (Fsp3) is 0.571. The van der Waals surface area contributed by atoms with Crippen LogP contribution in [0.1, 0.15) is 31.0 Å². The highest BCUT2D eigenvalue weighted by molar-refractivity contribution is 5.43. The fourth-order valence-electron chi connectivity index (χ4n) is 2.63. The van der Waals surface area contributed by atoms with Gasteiger partial charge in [-0.1, -0.05) is 19.1 Å². The molecule has 1 aliphatic heterocycles. The summed E-state index contributed by atoms with van der Waals surface area (Å²) in [6.45, 7) is 9.00. The lowest BCUT2D eigenvalue weighted by Crippen LogP contribution is -2.57. The Morgan fingerprint density at radius 3 is 2.68 bits per heavy atom.